The molecule has 0 saturated carbocycles. The Morgan fingerprint density at radius 2 is 1.69 bits per heavy atom. The second-order valence-corrected chi connectivity index (χ2v) is 8.13. The highest BCUT2D eigenvalue weighted by atomic mass is 35.5. The minimum absolute atomic E-state index is 0.0275. The van der Waals surface area contributed by atoms with Gasteiger partial charge in [0.15, 0.2) is 0 Å². The van der Waals surface area contributed by atoms with Gasteiger partial charge in [0, 0.05) is 12.1 Å². The molecule has 0 aliphatic carbocycles. The summed E-state index contributed by atoms with van der Waals surface area (Å²) in [5.74, 6) is -1.35. The molecule has 9 nitrogen and oxygen atoms in total. The number of nitrogens with one attached hydrogen (secondary N) is 1. The molecule has 1 fully saturated rings. The van der Waals surface area contributed by atoms with E-state index in [1.807, 2.05) is 0 Å². The van der Waals surface area contributed by atoms with Crippen molar-refractivity contribution in [1.82, 2.24) is 5.32 Å². The molecule has 0 bridgehead atoms. The summed E-state index contributed by atoms with van der Waals surface area (Å²) in [6.45, 7) is 0.119. The third-order valence-electron chi connectivity index (χ3n) is 5.00. The zero-order chi connectivity index (χ0) is 25.1. The number of nitrogens with zero attached hydrogens (tertiary/aromatic N) is 2. The molecule has 1 heterocycles. The van der Waals surface area contributed by atoms with Crippen LogP contribution in [0.4, 0.5) is 16.2 Å². The lowest BCUT2D eigenvalue weighted by Crippen LogP contribution is -2.54. The van der Waals surface area contributed by atoms with Crippen LogP contribution in [0.2, 0.25) is 10.0 Å². The summed E-state index contributed by atoms with van der Waals surface area (Å²) >= 11 is 12.4. The number of carbonyl (C=O) groups is 3. The van der Waals surface area contributed by atoms with Gasteiger partial charge in [-0.1, -0.05) is 41.4 Å². The summed E-state index contributed by atoms with van der Waals surface area (Å²) in [5.41, 5.74) is 0.958. The number of para-hydroxylation sites is 1. The van der Waals surface area contributed by atoms with Crippen LogP contribution in [-0.2, 0) is 16.2 Å². The molecule has 3 aromatic carbocycles. The monoisotopic (exact) mass is 511 g/mol. The van der Waals surface area contributed by atoms with Crippen LogP contribution in [0.25, 0.3) is 6.08 Å². The normalized spacial score (nSPS) is 14.7. The number of halogens is 2. The van der Waals surface area contributed by atoms with Crippen LogP contribution in [0.3, 0.4) is 0 Å². The van der Waals surface area contributed by atoms with E-state index in [9.17, 15) is 24.5 Å². The van der Waals surface area contributed by atoms with Gasteiger partial charge in [-0.25, -0.2) is 9.69 Å². The summed E-state index contributed by atoms with van der Waals surface area (Å²) in [6.07, 6.45) is 1.31. The molecule has 1 aliphatic rings. The van der Waals surface area contributed by atoms with Crippen molar-refractivity contribution in [1.29, 1.82) is 0 Å². The second-order valence-electron chi connectivity index (χ2n) is 7.31. The smallest absolute Gasteiger partial charge is 0.335 e. The largest absolute Gasteiger partial charge is 0.487 e. The van der Waals surface area contributed by atoms with Crippen molar-refractivity contribution >= 4 is 58.5 Å². The van der Waals surface area contributed by atoms with Crippen molar-refractivity contribution in [2.45, 2.75) is 6.61 Å². The van der Waals surface area contributed by atoms with Gasteiger partial charge >= 0.3 is 6.03 Å². The first-order chi connectivity index (χ1) is 16.7. The number of rotatable bonds is 6. The Labute approximate surface area is 208 Å². The molecule has 0 radical (unpaired) electrons. The van der Waals surface area contributed by atoms with E-state index in [0.717, 1.165) is 4.90 Å². The van der Waals surface area contributed by atoms with Crippen molar-refractivity contribution in [3.05, 3.63) is 104 Å². The molecule has 11 heteroatoms. The molecule has 4 rings (SSSR count). The predicted molar refractivity (Wildman–Crippen MR) is 129 cm³/mol. The van der Waals surface area contributed by atoms with Gasteiger partial charge in [-0.3, -0.25) is 25.0 Å². The van der Waals surface area contributed by atoms with E-state index in [2.05, 4.69) is 5.32 Å². The van der Waals surface area contributed by atoms with Crippen LogP contribution in [0.5, 0.6) is 5.75 Å². The fourth-order valence-corrected chi connectivity index (χ4v) is 3.74. The Bertz CT molecular complexity index is 1390. The van der Waals surface area contributed by atoms with Gasteiger partial charge in [0.1, 0.15) is 17.9 Å². The number of amides is 4. The highest BCUT2D eigenvalue weighted by Gasteiger charge is 2.37. The fraction of sp³-hybridized carbons (Fsp3) is 0.0417. The Morgan fingerprint density at radius 1 is 0.971 bits per heavy atom. The molecule has 1 aliphatic heterocycles. The average Bonchev–Trinajstić information content (AvgIpc) is 2.82. The van der Waals surface area contributed by atoms with Gasteiger partial charge in [-0.15, -0.1) is 0 Å². The number of ether oxygens (including phenoxy) is 1. The van der Waals surface area contributed by atoms with Crippen LogP contribution in [0.1, 0.15) is 11.1 Å². The average molecular weight is 512 g/mol. The first-order valence-corrected chi connectivity index (χ1v) is 10.8. The molecule has 0 unspecified atom stereocenters. The molecule has 1 saturated heterocycles. The number of barbiturate groups is 1. The van der Waals surface area contributed by atoms with Gasteiger partial charge in [0.2, 0.25) is 0 Å². The summed E-state index contributed by atoms with van der Waals surface area (Å²) < 4.78 is 5.68. The van der Waals surface area contributed by atoms with Gasteiger partial charge < -0.3 is 4.74 Å². The number of benzene rings is 3. The number of non-ortho nitro benzene ring substituents is 1. The lowest BCUT2D eigenvalue weighted by molar-refractivity contribution is -0.384. The van der Waals surface area contributed by atoms with E-state index in [4.69, 9.17) is 27.9 Å². The van der Waals surface area contributed by atoms with E-state index in [1.54, 1.807) is 36.4 Å². The highest BCUT2D eigenvalue weighted by molar-refractivity contribution is 6.42. The molecule has 0 spiro atoms. The number of imide groups is 2. The zero-order valence-corrected chi connectivity index (χ0v) is 19.2. The third-order valence-corrected chi connectivity index (χ3v) is 5.62. The van der Waals surface area contributed by atoms with Gasteiger partial charge in [0.25, 0.3) is 17.5 Å². The van der Waals surface area contributed by atoms with Crippen molar-refractivity contribution in [2.24, 2.45) is 0 Å². The highest BCUT2D eigenvalue weighted by Crippen LogP contribution is 2.30. The Balaban J connectivity index is 1.53. The summed E-state index contributed by atoms with van der Waals surface area (Å²) in [5, 5.41) is 13.3. The molecule has 3 aromatic rings. The first kappa shape index (κ1) is 23.9. The van der Waals surface area contributed by atoms with Crippen molar-refractivity contribution in [3.63, 3.8) is 0 Å². The Morgan fingerprint density at radius 3 is 2.34 bits per heavy atom. The Kier molecular flexibility index (Phi) is 6.81. The van der Waals surface area contributed by atoms with Gasteiger partial charge in [0.05, 0.1) is 20.7 Å². The molecule has 4 amide bonds. The second kappa shape index (κ2) is 9.96. The quantitative estimate of drug-likeness (QED) is 0.211. The minimum Gasteiger partial charge on any atom is -0.487 e. The number of hydrogen-bond donors (Lipinski definition) is 1. The van der Waals surface area contributed by atoms with Gasteiger partial charge in [-0.2, -0.15) is 0 Å². The summed E-state index contributed by atoms with van der Waals surface area (Å²) in [4.78, 5) is 48.8. The minimum atomic E-state index is -0.904. The van der Waals surface area contributed by atoms with Crippen LogP contribution in [0, 0.1) is 10.1 Å². The van der Waals surface area contributed by atoms with Crippen molar-refractivity contribution in [2.75, 3.05) is 4.90 Å². The van der Waals surface area contributed by atoms with Crippen LogP contribution in [-0.4, -0.2) is 22.8 Å². The van der Waals surface area contributed by atoms with Gasteiger partial charge in [-0.05, 0) is 53.6 Å². The molecule has 1 N–H and O–H groups in total. The maximum Gasteiger partial charge on any atom is 0.335 e. The van der Waals surface area contributed by atoms with E-state index in [-0.39, 0.29) is 33.6 Å². The van der Waals surface area contributed by atoms with Crippen molar-refractivity contribution in [3.8, 4) is 5.75 Å². The SMILES string of the molecule is O=C1NC(=O)N(c2ccccc2Cl)C(=O)/C1=C/c1ccc(OCc2ccc([N+](=O)[O-])cc2)c(Cl)c1. The number of nitro benzene ring substituents is 1. The van der Waals surface area contributed by atoms with E-state index >= 15 is 0 Å². The standard InChI is InChI=1S/C24H15Cl2N3O6/c25-18-3-1-2-4-20(18)28-23(31)17(22(30)27-24(28)32)11-15-7-10-21(19(26)12-15)35-13-14-5-8-16(9-6-14)29(33)34/h1-12H,13H2,(H,27,30,32)/b17-11+. The number of anilines is 1. The number of urea groups is 1. The number of nitro groups is 1. The van der Waals surface area contributed by atoms with Crippen molar-refractivity contribution < 1.29 is 24.0 Å². The molecular weight excluding hydrogens is 497 g/mol. The molecular formula is C24H15Cl2N3O6. The summed E-state index contributed by atoms with van der Waals surface area (Å²) in [6, 6.07) is 15.9. The maximum absolute atomic E-state index is 13.0. The van der Waals surface area contributed by atoms with Crippen LogP contribution in [0.15, 0.2) is 72.3 Å². The van der Waals surface area contributed by atoms with E-state index in [0.29, 0.717) is 16.9 Å². The predicted octanol–water partition coefficient (Wildman–Crippen LogP) is 5.15. The Hall–Kier alpha value is -4.21. The van der Waals surface area contributed by atoms with Crippen LogP contribution >= 0.6 is 23.2 Å². The molecule has 35 heavy (non-hydrogen) atoms. The molecule has 176 valence electrons. The maximum atomic E-state index is 13.0. The lowest BCUT2D eigenvalue weighted by atomic mass is 10.1. The third kappa shape index (κ3) is 5.16. The first-order valence-electron chi connectivity index (χ1n) is 10.1. The van der Waals surface area contributed by atoms with E-state index in [1.165, 1.54) is 36.4 Å². The van der Waals surface area contributed by atoms with Crippen LogP contribution < -0.4 is 15.0 Å². The molecule has 0 atom stereocenters. The number of carbonyl (C=O) groups excluding carboxylic acids is 3. The summed E-state index contributed by atoms with van der Waals surface area (Å²) in [7, 11) is 0. The van der Waals surface area contributed by atoms with E-state index < -0.39 is 22.8 Å². The zero-order valence-electron chi connectivity index (χ0n) is 17.7. The topological polar surface area (TPSA) is 119 Å². The lowest BCUT2D eigenvalue weighted by Gasteiger charge is -2.27. The number of hydrogen-bond acceptors (Lipinski definition) is 6. The fourth-order valence-electron chi connectivity index (χ4n) is 3.27. The molecule has 0 aromatic heterocycles.